The quantitative estimate of drug-likeness (QED) is 0.274. The third-order valence-corrected chi connectivity index (χ3v) is 6.66. The predicted molar refractivity (Wildman–Crippen MR) is 123 cm³/mol. The van der Waals surface area contributed by atoms with Crippen LogP contribution in [0.15, 0.2) is 84.9 Å². The maximum atomic E-state index is 6.70. The zero-order valence-electron chi connectivity index (χ0n) is 16.4. The number of halogens is 1. The van der Waals surface area contributed by atoms with Crippen molar-refractivity contribution in [3.63, 3.8) is 0 Å². The Morgan fingerprint density at radius 3 is 1.97 bits per heavy atom. The molecule has 0 spiro atoms. The fourth-order valence-electron chi connectivity index (χ4n) is 5.12. The van der Waals surface area contributed by atoms with Crippen LogP contribution in [0.2, 0.25) is 5.02 Å². The van der Waals surface area contributed by atoms with E-state index in [4.69, 9.17) is 11.6 Å². The van der Waals surface area contributed by atoms with Crippen molar-refractivity contribution in [1.29, 1.82) is 0 Å². The van der Waals surface area contributed by atoms with Crippen LogP contribution in [0.25, 0.3) is 38.6 Å². The van der Waals surface area contributed by atoms with Gasteiger partial charge in [0.25, 0.3) is 0 Å². The van der Waals surface area contributed by atoms with E-state index in [2.05, 4.69) is 103 Å². The molecule has 0 radical (unpaired) electrons. The number of benzene rings is 4. The monoisotopic (exact) mass is 393 g/mol. The van der Waals surface area contributed by atoms with Gasteiger partial charge < -0.3 is 4.57 Å². The average molecular weight is 394 g/mol. The van der Waals surface area contributed by atoms with Crippen LogP contribution in [0.3, 0.4) is 0 Å². The molecule has 0 saturated heterocycles. The van der Waals surface area contributed by atoms with Crippen molar-refractivity contribution < 1.29 is 0 Å². The van der Waals surface area contributed by atoms with Crippen LogP contribution >= 0.6 is 11.6 Å². The molecule has 0 saturated carbocycles. The second-order valence-corrected chi connectivity index (χ2v) is 8.82. The molecule has 1 heterocycles. The van der Waals surface area contributed by atoms with E-state index < -0.39 is 0 Å². The molecule has 0 unspecified atom stereocenters. The van der Waals surface area contributed by atoms with E-state index in [1.54, 1.807) is 0 Å². The van der Waals surface area contributed by atoms with Crippen LogP contribution in [0.1, 0.15) is 25.0 Å². The van der Waals surface area contributed by atoms with E-state index in [-0.39, 0.29) is 5.41 Å². The summed E-state index contributed by atoms with van der Waals surface area (Å²) in [6.45, 7) is 4.59. The maximum Gasteiger partial charge on any atom is 0.0558 e. The van der Waals surface area contributed by atoms with E-state index in [0.29, 0.717) is 0 Å². The highest BCUT2D eigenvalue weighted by molar-refractivity contribution is 6.31. The SMILES string of the molecule is CC1(C)c2ccccc2-c2c(-n3c4ccccc4c4ccccc43)cc(Cl)cc21. The van der Waals surface area contributed by atoms with Crippen LogP contribution in [0, 0.1) is 0 Å². The smallest absolute Gasteiger partial charge is 0.0558 e. The first kappa shape index (κ1) is 16.9. The Bertz CT molecular complexity index is 1380. The lowest BCUT2D eigenvalue weighted by Crippen LogP contribution is -2.15. The van der Waals surface area contributed by atoms with Gasteiger partial charge in [0.15, 0.2) is 0 Å². The third-order valence-electron chi connectivity index (χ3n) is 6.45. The molecule has 0 aliphatic heterocycles. The molecule has 0 fully saturated rings. The van der Waals surface area contributed by atoms with Gasteiger partial charge in [0.05, 0.1) is 16.7 Å². The summed E-state index contributed by atoms with van der Waals surface area (Å²) in [6.07, 6.45) is 0. The summed E-state index contributed by atoms with van der Waals surface area (Å²) >= 11 is 6.70. The van der Waals surface area contributed by atoms with Crippen LogP contribution in [-0.4, -0.2) is 4.57 Å². The highest BCUT2D eigenvalue weighted by Crippen LogP contribution is 2.52. The highest BCUT2D eigenvalue weighted by Gasteiger charge is 2.37. The van der Waals surface area contributed by atoms with E-state index >= 15 is 0 Å². The Morgan fingerprint density at radius 1 is 0.690 bits per heavy atom. The Hall–Kier alpha value is -3.03. The van der Waals surface area contributed by atoms with Gasteiger partial charge in [0.2, 0.25) is 0 Å². The third kappa shape index (κ3) is 2.17. The second-order valence-electron chi connectivity index (χ2n) is 8.39. The highest BCUT2D eigenvalue weighted by atomic mass is 35.5. The molecule has 0 N–H and O–H groups in total. The minimum atomic E-state index is -0.0790. The zero-order chi connectivity index (χ0) is 19.8. The minimum absolute atomic E-state index is 0.0790. The Kier molecular flexibility index (Phi) is 3.34. The molecule has 6 rings (SSSR count). The molecule has 1 aliphatic carbocycles. The normalized spacial score (nSPS) is 14.3. The number of hydrogen-bond donors (Lipinski definition) is 0. The van der Waals surface area contributed by atoms with Gasteiger partial charge in [-0.15, -0.1) is 0 Å². The van der Waals surface area contributed by atoms with Crippen molar-refractivity contribution in [3.8, 4) is 16.8 Å². The Morgan fingerprint density at radius 2 is 1.28 bits per heavy atom. The van der Waals surface area contributed by atoms with Crippen LogP contribution in [0.5, 0.6) is 0 Å². The molecule has 140 valence electrons. The summed E-state index contributed by atoms with van der Waals surface area (Å²) < 4.78 is 2.38. The van der Waals surface area contributed by atoms with E-state index in [0.717, 1.165) is 10.7 Å². The van der Waals surface area contributed by atoms with Crippen molar-refractivity contribution in [1.82, 2.24) is 4.57 Å². The molecule has 29 heavy (non-hydrogen) atoms. The van der Waals surface area contributed by atoms with Crippen molar-refractivity contribution in [2.75, 3.05) is 0 Å². The van der Waals surface area contributed by atoms with Crippen LogP contribution < -0.4 is 0 Å². The van der Waals surface area contributed by atoms with Gasteiger partial charge in [-0.2, -0.15) is 0 Å². The second kappa shape index (κ2) is 5.75. The molecule has 2 heteroatoms. The maximum absolute atomic E-state index is 6.70. The number of para-hydroxylation sites is 2. The first-order valence-corrected chi connectivity index (χ1v) is 10.4. The Balaban J connectivity index is 1.83. The van der Waals surface area contributed by atoms with Crippen molar-refractivity contribution in [3.05, 3.63) is 101 Å². The van der Waals surface area contributed by atoms with Gasteiger partial charge in [0.1, 0.15) is 0 Å². The van der Waals surface area contributed by atoms with Crippen molar-refractivity contribution in [2.24, 2.45) is 0 Å². The van der Waals surface area contributed by atoms with Gasteiger partial charge in [-0.25, -0.2) is 0 Å². The molecule has 1 aromatic heterocycles. The summed E-state index contributed by atoms with van der Waals surface area (Å²) in [5.41, 5.74) is 8.75. The lowest BCUT2D eigenvalue weighted by atomic mass is 9.82. The fraction of sp³-hybridized carbons (Fsp3) is 0.111. The molecule has 5 aromatic rings. The molecule has 1 aliphatic rings. The minimum Gasteiger partial charge on any atom is -0.309 e. The Labute approximate surface area is 175 Å². The standard InChI is InChI=1S/C27H20ClN/c1-27(2)21-12-6-3-11-20(21)26-22(27)15-17(28)16-25(26)29-23-13-7-4-9-18(23)19-10-5-8-14-24(19)29/h3-16H,1-2H3. The molecule has 0 atom stereocenters. The van der Waals surface area contributed by atoms with E-state index in [1.807, 2.05) is 0 Å². The fourth-order valence-corrected chi connectivity index (χ4v) is 5.33. The summed E-state index contributed by atoms with van der Waals surface area (Å²) in [6, 6.07) is 30.3. The average Bonchev–Trinajstić information content (AvgIpc) is 3.18. The lowest BCUT2D eigenvalue weighted by Gasteiger charge is -2.22. The molecule has 0 bridgehead atoms. The number of nitrogens with zero attached hydrogens (tertiary/aromatic N) is 1. The van der Waals surface area contributed by atoms with Crippen molar-refractivity contribution >= 4 is 33.4 Å². The lowest BCUT2D eigenvalue weighted by molar-refractivity contribution is 0.660. The van der Waals surface area contributed by atoms with Gasteiger partial charge >= 0.3 is 0 Å². The summed E-state index contributed by atoms with van der Waals surface area (Å²) in [5.74, 6) is 0. The number of aromatic nitrogens is 1. The largest absolute Gasteiger partial charge is 0.309 e. The van der Waals surface area contributed by atoms with Gasteiger partial charge in [-0.1, -0.05) is 86.1 Å². The molecular weight excluding hydrogens is 374 g/mol. The predicted octanol–water partition coefficient (Wildman–Crippen LogP) is 7.74. The van der Waals surface area contributed by atoms with E-state index in [9.17, 15) is 0 Å². The number of hydrogen-bond acceptors (Lipinski definition) is 0. The van der Waals surface area contributed by atoms with Gasteiger partial charge in [-0.05, 0) is 41.0 Å². The summed E-state index contributed by atoms with van der Waals surface area (Å²) in [7, 11) is 0. The molecular formula is C27H20ClN. The first-order valence-electron chi connectivity index (χ1n) is 10.00. The molecule has 0 amide bonds. The number of fused-ring (bicyclic) bond motifs is 6. The zero-order valence-corrected chi connectivity index (χ0v) is 17.2. The topological polar surface area (TPSA) is 4.93 Å². The van der Waals surface area contributed by atoms with Crippen LogP contribution in [0.4, 0.5) is 0 Å². The summed E-state index contributed by atoms with van der Waals surface area (Å²) in [4.78, 5) is 0. The van der Waals surface area contributed by atoms with Crippen LogP contribution in [-0.2, 0) is 5.41 Å². The summed E-state index contributed by atoms with van der Waals surface area (Å²) in [5, 5.41) is 3.31. The van der Waals surface area contributed by atoms with Gasteiger partial charge in [0, 0.05) is 26.8 Å². The number of rotatable bonds is 1. The van der Waals surface area contributed by atoms with E-state index in [1.165, 1.54) is 44.1 Å². The molecule has 4 aromatic carbocycles. The molecule has 1 nitrogen and oxygen atoms in total. The van der Waals surface area contributed by atoms with Gasteiger partial charge in [-0.3, -0.25) is 0 Å². The first-order chi connectivity index (χ1) is 14.1. The van der Waals surface area contributed by atoms with Crippen molar-refractivity contribution in [2.45, 2.75) is 19.3 Å².